The quantitative estimate of drug-likeness (QED) is 0.760. The van der Waals surface area contributed by atoms with E-state index in [0.717, 1.165) is 18.7 Å². The van der Waals surface area contributed by atoms with Gasteiger partial charge in [-0.1, -0.05) is 23.7 Å². The predicted molar refractivity (Wildman–Crippen MR) is 108 cm³/mol. The Bertz CT molecular complexity index is 656. The Morgan fingerprint density at radius 1 is 1.00 bits per heavy atom. The van der Waals surface area contributed by atoms with Crippen LogP contribution in [0.3, 0.4) is 0 Å². The molecule has 2 saturated heterocycles. The molecule has 3 rings (SSSR count). The Morgan fingerprint density at radius 2 is 1.61 bits per heavy atom. The second-order valence-electron chi connectivity index (χ2n) is 7.30. The zero-order valence-electron chi connectivity index (χ0n) is 16.4. The lowest BCUT2D eigenvalue weighted by Crippen LogP contribution is -2.53. The van der Waals surface area contributed by atoms with Crippen molar-refractivity contribution in [1.82, 2.24) is 20.0 Å². The maximum Gasteiger partial charge on any atom is 0.236 e. The van der Waals surface area contributed by atoms with Gasteiger partial charge in [-0.15, -0.1) is 0 Å². The SMILES string of the molecule is C[C@@H](NCC(=O)N1CCN(CC(=O)N2CCOCC2)CC1)c1ccc(Cl)cc1. The number of morpholine rings is 1. The number of nitrogens with zero attached hydrogens (tertiary/aromatic N) is 3. The Kier molecular flexibility index (Phi) is 7.67. The average molecular weight is 409 g/mol. The van der Waals surface area contributed by atoms with Crippen molar-refractivity contribution in [2.24, 2.45) is 0 Å². The van der Waals surface area contributed by atoms with Gasteiger partial charge in [0.1, 0.15) is 0 Å². The lowest BCUT2D eigenvalue weighted by atomic mass is 10.1. The number of carbonyl (C=O) groups excluding carboxylic acids is 2. The van der Waals surface area contributed by atoms with Crippen LogP contribution in [0.4, 0.5) is 0 Å². The fourth-order valence-corrected chi connectivity index (χ4v) is 3.61. The van der Waals surface area contributed by atoms with E-state index in [4.69, 9.17) is 16.3 Å². The topological polar surface area (TPSA) is 65.1 Å². The van der Waals surface area contributed by atoms with Gasteiger partial charge in [0.25, 0.3) is 0 Å². The molecule has 2 heterocycles. The molecular weight excluding hydrogens is 380 g/mol. The maximum absolute atomic E-state index is 12.5. The Balaban J connectivity index is 1.37. The third-order valence-corrected chi connectivity index (χ3v) is 5.63. The lowest BCUT2D eigenvalue weighted by molar-refractivity contribution is -0.137. The predicted octanol–water partition coefficient (Wildman–Crippen LogP) is 0.994. The highest BCUT2D eigenvalue weighted by Gasteiger charge is 2.25. The van der Waals surface area contributed by atoms with Crippen molar-refractivity contribution in [3.63, 3.8) is 0 Å². The molecule has 1 atom stereocenters. The van der Waals surface area contributed by atoms with Crippen LogP contribution in [0.1, 0.15) is 18.5 Å². The van der Waals surface area contributed by atoms with Gasteiger partial charge in [-0.2, -0.15) is 0 Å². The number of ether oxygens (including phenoxy) is 1. The molecule has 1 aromatic carbocycles. The number of nitrogens with one attached hydrogen (secondary N) is 1. The molecule has 1 aromatic rings. The zero-order valence-corrected chi connectivity index (χ0v) is 17.2. The first-order chi connectivity index (χ1) is 13.5. The van der Waals surface area contributed by atoms with Gasteiger partial charge in [0, 0.05) is 50.3 Å². The molecule has 0 unspecified atom stereocenters. The molecule has 28 heavy (non-hydrogen) atoms. The molecule has 0 radical (unpaired) electrons. The molecule has 2 fully saturated rings. The first kappa shape index (κ1) is 21.0. The normalized spacial score (nSPS) is 19.5. The number of piperazine rings is 1. The van der Waals surface area contributed by atoms with Crippen molar-refractivity contribution in [2.45, 2.75) is 13.0 Å². The summed E-state index contributed by atoms with van der Waals surface area (Å²) in [4.78, 5) is 30.7. The third kappa shape index (κ3) is 5.91. The molecule has 8 heteroatoms. The molecule has 154 valence electrons. The second-order valence-corrected chi connectivity index (χ2v) is 7.74. The van der Waals surface area contributed by atoms with Crippen molar-refractivity contribution >= 4 is 23.4 Å². The van der Waals surface area contributed by atoms with E-state index in [0.29, 0.717) is 57.5 Å². The van der Waals surface area contributed by atoms with E-state index < -0.39 is 0 Å². The summed E-state index contributed by atoms with van der Waals surface area (Å²) in [5.41, 5.74) is 1.10. The minimum atomic E-state index is 0.0775. The number of carbonyl (C=O) groups is 2. The van der Waals surface area contributed by atoms with E-state index in [1.165, 1.54) is 0 Å². The van der Waals surface area contributed by atoms with Crippen LogP contribution in [-0.4, -0.2) is 92.1 Å². The fourth-order valence-electron chi connectivity index (χ4n) is 3.48. The van der Waals surface area contributed by atoms with Crippen LogP contribution in [0.15, 0.2) is 24.3 Å². The Hall–Kier alpha value is -1.67. The van der Waals surface area contributed by atoms with E-state index in [1.807, 2.05) is 41.0 Å². The fraction of sp³-hybridized carbons (Fsp3) is 0.600. The minimum Gasteiger partial charge on any atom is -0.378 e. The number of rotatable bonds is 6. The van der Waals surface area contributed by atoms with Crippen LogP contribution in [0.2, 0.25) is 5.02 Å². The van der Waals surface area contributed by atoms with Crippen molar-refractivity contribution in [3.8, 4) is 0 Å². The highest BCUT2D eigenvalue weighted by atomic mass is 35.5. The van der Waals surface area contributed by atoms with Gasteiger partial charge in [-0.25, -0.2) is 0 Å². The van der Waals surface area contributed by atoms with E-state index in [9.17, 15) is 9.59 Å². The molecule has 0 bridgehead atoms. The number of hydrogen-bond acceptors (Lipinski definition) is 5. The van der Waals surface area contributed by atoms with Crippen LogP contribution in [0.25, 0.3) is 0 Å². The van der Waals surface area contributed by atoms with Gasteiger partial charge < -0.3 is 19.9 Å². The zero-order chi connectivity index (χ0) is 19.9. The Labute approximate surface area is 171 Å². The minimum absolute atomic E-state index is 0.0775. The van der Waals surface area contributed by atoms with Crippen LogP contribution >= 0.6 is 11.6 Å². The number of halogens is 1. The van der Waals surface area contributed by atoms with Crippen LogP contribution in [-0.2, 0) is 14.3 Å². The van der Waals surface area contributed by atoms with Crippen molar-refractivity contribution in [2.75, 3.05) is 65.6 Å². The van der Waals surface area contributed by atoms with Gasteiger partial charge >= 0.3 is 0 Å². The molecule has 7 nitrogen and oxygen atoms in total. The molecule has 2 amide bonds. The van der Waals surface area contributed by atoms with Crippen molar-refractivity contribution in [3.05, 3.63) is 34.9 Å². The largest absolute Gasteiger partial charge is 0.378 e. The number of amides is 2. The lowest BCUT2D eigenvalue weighted by Gasteiger charge is -2.36. The molecule has 1 N–H and O–H groups in total. The first-order valence-corrected chi connectivity index (χ1v) is 10.3. The molecule has 2 aliphatic heterocycles. The van der Waals surface area contributed by atoms with Crippen molar-refractivity contribution < 1.29 is 14.3 Å². The van der Waals surface area contributed by atoms with Gasteiger partial charge in [0.15, 0.2) is 0 Å². The first-order valence-electron chi connectivity index (χ1n) is 9.87. The monoisotopic (exact) mass is 408 g/mol. The van der Waals surface area contributed by atoms with E-state index >= 15 is 0 Å². The van der Waals surface area contributed by atoms with Gasteiger partial charge in [-0.3, -0.25) is 14.5 Å². The summed E-state index contributed by atoms with van der Waals surface area (Å²) in [6.45, 7) is 8.13. The molecular formula is C20H29ClN4O3. The third-order valence-electron chi connectivity index (χ3n) is 5.38. The standard InChI is InChI=1S/C20H29ClN4O3/c1-16(17-2-4-18(21)5-3-17)22-14-19(26)24-8-6-23(7-9-24)15-20(27)25-10-12-28-13-11-25/h2-5,16,22H,6-15H2,1H3/t16-/m1/s1. The highest BCUT2D eigenvalue weighted by molar-refractivity contribution is 6.30. The summed E-state index contributed by atoms with van der Waals surface area (Å²) in [7, 11) is 0. The second kappa shape index (κ2) is 10.2. The van der Waals surface area contributed by atoms with E-state index in [-0.39, 0.29) is 17.9 Å². The van der Waals surface area contributed by atoms with Crippen LogP contribution in [0, 0.1) is 0 Å². The van der Waals surface area contributed by atoms with E-state index in [1.54, 1.807) is 0 Å². The van der Waals surface area contributed by atoms with E-state index in [2.05, 4.69) is 10.2 Å². The molecule has 0 aliphatic carbocycles. The van der Waals surface area contributed by atoms with Gasteiger partial charge in [0.2, 0.25) is 11.8 Å². The summed E-state index contributed by atoms with van der Waals surface area (Å²) in [5.74, 6) is 0.251. The summed E-state index contributed by atoms with van der Waals surface area (Å²) in [6.07, 6.45) is 0. The van der Waals surface area contributed by atoms with Crippen LogP contribution < -0.4 is 5.32 Å². The highest BCUT2D eigenvalue weighted by Crippen LogP contribution is 2.16. The molecule has 0 aromatic heterocycles. The van der Waals surface area contributed by atoms with Crippen LogP contribution in [0.5, 0.6) is 0 Å². The number of hydrogen-bond donors (Lipinski definition) is 1. The summed E-state index contributed by atoms with van der Waals surface area (Å²) < 4.78 is 5.29. The summed E-state index contributed by atoms with van der Waals surface area (Å²) >= 11 is 5.92. The van der Waals surface area contributed by atoms with Gasteiger partial charge in [-0.05, 0) is 24.6 Å². The Morgan fingerprint density at radius 3 is 2.25 bits per heavy atom. The van der Waals surface area contributed by atoms with Crippen molar-refractivity contribution in [1.29, 1.82) is 0 Å². The molecule has 0 spiro atoms. The average Bonchev–Trinajstić information content (AvgIpc) is 2.73. The smallest absolute Gasteiger partial charge is 0.236 e. The molecule has 2 aliphatic rings. The summed E-state index contributed by atoms with van der Waals surface area (Å²) in [5, 5.41) is 3.99. The molecule has 0 saturated carbocycles. The number of benzene rings is 1. The maximum atomic E-state index is 12.5. The van der Waals surface area contributed by atoms with Gasteiger partial charge in [0.05, 0.1) is 26.3 Å². The summed E-state index contributed by atoms with van der Waals surface area (Å²) in [6, 6.07) is 7.72.